The van der Waals surface area contributed by atoms with Crippen LogP contribution in [-0.2, 0) is 16.1 Å². The van der Waals surface area contributed by atoms with Crippen LogP contribution in [0.1, 0.15) is 28.4 Å². The second-order valence-corrected chi connectivity index (χ2v) is 9.47. The molecule has 0 unspecified atom stereocenters. The van der Waals surface area contributed by atoms with Crippen molar-refractivity contribution < 1.29 is 23.5 Å². The summed E-state index contributed by atoms with van der Waals surface area (Å²) in [5.41, 5.74) is 2.23. The largest absolute Gasteiger partial charge is 0.487 e. The van der Waals surface area contributed by atoms with Gasteiger partial charge in [-0.15, -0.1) is 0 Å². The minimum atomic E-state index is -0.571. The quantitative estimate of drug-likeness (QED) is 0.129. The first-order chi connectivity index (χ1) is 16.8. The van der Waals surface area contributed by atoms with Gasteiger partial charge in [0.05, 0.1) is 19.3 Å². The average molecular weight is 696 g/mol. The molecule has 0 aromatic heterocycles. The Labute approximate surface area is 229 Å². The first-order valence-electron chi connectivity index (χ1n) is 10.4. The van der Waals surface area contributed by atoms with Crippen molar-refractivity contribution in [3.8, 4) is 11.8 Å². The Morgan fingerprint density at radius 3 is 2.26 bits per heavy atom. The van der Waals surface area contributed by atoms with Gasteiger partial charge in [0.2, 0.25) is 0 Å². The molecule has 0 aliphatic carbocycles. The molecule has 0 spiro atoms. The summed E-state index contributed by atoms with van der Waals surface area (Å²) < 4.78 is 25.5. The van der Waals surface area contributed by atoms with E-state index in [-0.39, 0.29) is 24.6 Å². The second-order valence-electron chi connectivity index (χ2n) is 7.15. The molecular weight excluding hydrogens is 677 g/mol. The van der Waals surface area contributed by atoms with Crippen LogP contribution >= 0.6 is 45.2 Å². The van der Waals surface area contributed by atoms with Crippen LogP contribution in [0.5, 0.6) is 5.75 Å². The average Bonchev–Trinajstić information content (AvgIpc) is 2.83. The molecule has 0 saturated heterocycles. The summed E-state index contributed by atoms with van der Waals surface area (Å²) in [4.78, 5) is 24.4. The van der Waals surface area contributed by atoms with Gasteiger partial charge in [0.25, 0.3) is 5.91 Å². The Balaban J connectivity index is 1.71. The van der Waals surface area contributed by atoms with Crippen molar-refractivity contribution in [2.24, 2.45) is 0 Å². The molecule has 0 aliphatic heterocycles. The second kappa shape index (κ2) is 12.6. The maximum atomic E-state index is 13.1. The van der Waals surface area contributed by atoms with Gasteiger partial charge in [-0.3, -0.25) is 4.79 Å². The predicted octanol–water partition coefficient (Wildman–Crippen LogP) is 6.34. The molecular formula is C26H19FI2N2O4. The van der Waals surface area contributed by atoms with Gasteiger partial charge in [-0.25, -0.2) is 9.18 Å². The van der Waals surface area contributed by atoms with Crippen molar-refractivity contribution in [3.63, 3.8) is 0 Å². The number of benzene rings is 3. The number of ether oxygens (including phenoxy) is 2. The van der Waals surface area contributed by atoms with Gasteiger partial charge in [-0.2, -0.15) is 5.26 Å². The van der Waals surface area contributed by atoms with Gasteiger partial charge in [0.15, 0.2) is 0 Å². The number of nitrogens with one attached hydrogen (secondary N) is 1. The summed E-state index contributed by atoms with van der Waals surface area (Å²) >= 11 is 4.26. The van der Waals surface area contributed by atoms with Crippen LogP contribution in [0, 0.1) is 24.3 Å². The normalized spacial score (nSPS) is 10.9. The number of nitriles is 1. The highest BCUT2D eigenvalue weighted by atomic mass is 127. The molecule has 0 atom stereocenters. The number of nitrogens with zero attached hydrogens (tertiary/aromatic N) is 1. The predicted molar refractivity (Wildman–Crippen MR) is 147 cm³/mol. The monoisotopic (exact) mass is 696 g/mol. The smallest absolute Gasteiger partial charge is 0.338 e. The third kappa shape index (κ3) is 7.50. The van der Waals surface area contributed by atoms with E-state index in [4.69, 9.17) is 9.47 Å². The lowest BCUT2D eigenvalue weighted by molar-refractivity contribution is -0.112. The highest BCUT2D eigenvalue weighted by molar-refractivity contribution is 14.1. The molecule has 0 radical (unpaired) electrons. The molecule has 0 saturated carbocycles. The first-order valence-corrected chi connectivity index (χ1v) is 12.5. The summed E-state index contributed by atoms with van der Waals surface area (Å²) in [7, 11) is 0. The Kier molecular flexibility index (Phi) is 9.62. The highest BCUT2D eigenvalue weighted by Crippen LogP contribution is 2.30. The van der Waals surface area contributed by atoms with Gasteiger partial charge in [-0.1, -0.05) is 12.1 Å². The van der Waals surface area contributed by atoms with Crippen LogP contribution in [0.3, 0.4) is 0 Å². The lowest BCUT2D eigenvalue weighted by Crippen LogP contribution is -2.13. The van der Waals surface area contributed by atoms with Gasteiger partial charge in [0.1, 0.15) is 29.8 Å². The molecule has 0 aliphatic rings. The summed E-state index contributed by atoms with van der Waals surface area (Å²) in [6.45, 7) is 2.27. The summed E-state index contributed by atoms with van der Waals surface area (Å²) in [5.74, 6) is -0.660. The van der Waals surface area contributed by atoms with E-state index >= 15 is 0 Å². The van der Waals surface area contributed by atoms with E-state index in [2.05, 4.69) is 50.5 Å². The Morgan fingerprint density at radius 2 is 1.69 bits per heavy atom. The molecule has 0 bridgehead atoms. The van der Waals surface area contributed by atoms with Crippen molar-refractivity contribution in [2.45, 2.75) is 13.5 Å². The molecule has 1 N–H and O–H groups in total. The van der Waals surface area contributed by atoms with Crippen LogP contribution in [0.4, 0.5) is 10.1 Å². The molecule has 1 amide bonds. The van der Waals surface area contributed by atoms with E-state index in [0.717, 1.165) is 12.7 Å². The van der Waals surface area contributed by atoms with Crippen molar-refractivity contribution >= 4 is 68.8 Å². The zero-order valence-corrected chi connectivity index (χ0v) is 22.8. The molecule has 3 aromatic rings. The standard InChI is InChI=1S/C26H19FI2N2O4/c1-2-34-26(33)18-5-9-21(10-6-18)31-25(32)19(14-30)11-17-12-22(28)24(23(29)13-17)35-15-16-3-7-20(27)8-4-16/h3-13H,2,15H2,1H3,(H,31,32)/b19-11+. The van der Waals surface area contributed by atoms with Crippen molar-refractivity contribution in [1.82, 2.24) is 0 Å². The number of carbonyl (C=O) groups excluding carboxylic acids is 2. The Hall–Kier alpha value is -2.98. The van der Waals surface area contributed by atoms with E-state index in [9.17, 15) is 19.2 Å². The third-order valence-electron chi connectivity index (χ3n) is 4.65. The number of rotatable bonds is 8. The fraction of sp³-hybridized carbons (Fsp3) is 0.115. The van der Waals surface area contributed by atoms with Crippen molar-refractivity contribution in [2.75, 3.05) is 11.9 Å². The van der Waals surface area contributed by atoms with Gasteiger partial charge < -0.3 is 14.8 Å². The Bertz CT molecular complexity index is 1280. The summed E-state index contributed by atoms with van der Waals surface area (Å²) in [6.07, 6.45) is 1.50. The highest BCUT2D eigenvalue weighted by Gasteiger charge is 2.14. The molecule has 178 valence electrons. The number of hydrogen-bond acceptors (Lipinski definition) is 5. The minimum absolute atomic E-state index is 0.0777. The molecule has 6 nitrogen and oxygen atoms in total. The molecule has 0 heterocycles. The number of carbonyl (C=O) groups is 2. The fourth-order valence-electron chi connectivity index (χ4n) is 2.95. The van der Waals surface area contributed by atoms with Crippen LogP contribution < -0.4 is 10.1 Å². The van der Waals surface area contributed by atoms with Gasteiger partial charge >= 0.3 is 5.97 Å². The van der Waals surface area contributed by atoms with E-state index in [1.807, 2.05) is 18.2 Å². The number of anilines is 1. The zero-order valence-electron chi connectivity index (χ0n) is 18.5. The summed E-state index contributed by atoms with van der Waals surface area (Å²) in [5, 5.41) is 12.2. The molecule has 9 heteroatoms. The first kappa shape index (κ1) is 26.6. The van der Waals surface area contributed by atoms with E-state index in [1.165, 1.54) is 18.2 Å². The maximum Gasteiger partial charge on any atom is 0.338 e. The van der Waals surface area contributed by atoms with Gasteiger partial charge in [-0.05, 0) is 118 Å². The maximum absolute atomic E-state index is 13.1. The lowest BCUT2D eigenvalue weighted by Gasteiger charge is -2.12. The molecule has 3 aromatic carbocycles. The number of halogens is 3. The Morgan fingerprint density at radius 1 is 1.06 bits per heavy atom. The van der Waals surface area contributed by atoms with Crippen LogP contribution in [0.15, 0.2) is 66.2 Å². The van der Waals surface area contributed by atoms with Crippen molar-refractivity contribution in [1.29, 1.82) is 5.26 Å². The van der Waals surface area contributed by atoms with Crippen LogP contribution in [-0.4, -0.2) is 18.5 Å². The number of hydrogen-bond donors (Lipinski definition) is 1. The fourth-order valence-corrected chi connectivity index (χ4v) is 5.08. The van der Waals surface area contributed by atoms with Gasteiger partial charge in [0, 0.05) is 5.69 Å². The minimum Gasteiger partial charge on any atom is -0.487 e. The van der Waals surface area contributed by atoms with E-state index < -0.39 is 11.9 Å². The summed E-state index contributed by atoms with van der Waals surface area (Å²) in [6, 6.07) is 17.8. The zero-order chi connectivity index (χ0) is 25.4. The third-order valence-corrected chi connectivity index (χ3v) is 6.25. The SMILES string of the molecule is CCOC(=O)c1ccc(NC(=O)/C(C#N)=C/c2cc(I)c(OCc3ccc(F)cc3)c(I)c2)cc1. The van der Waals surface area contributed by atoms with Crippen LogP contribution in [0.25, 0.3) is 6.08 Å². The van der Waals surface area contributed by atoms with E-state index in [0.29, 0.717) is 22.6 Å². The molecule has 3 rings (SSSR count). The van der Waals surface area contributed by atoms with E-state index in [1.54, 1.807) is 43.3 Å². The number of amides is 1. The molecule has 35 heavy (non-hydrogen) atoms. The number of esters is 1. The van der Waals surface area contributed by atoms with Crippen molar-refractivity contribution in [3.05, 3.63) is 95.9 Å². The molecule has 0 fully saturated rings. The lowest BCUT2D eigenvalue weighted by atomic mass is 10.1. The van der Waals surface area contributed by atoms with Crippen LogP contribution in [0.2, 0.25) is 0 Å². The topological polar surface area (TPSA) is 88.4 Å².